The van der Waals surface area contributed by atoms with Crippen molar-refractivity contribution in [1.29, 1.82) is 0 Å². The molecule has 0 aromatic rings. The minimum Gasteiger partial charge on any atom is -0.319 e. The summed E-state index contributed by atoms with van der Waals surface area (Å²) in [7, 11) is 2.06. The first kappa shape index (κ1) is 13.4. The molecule has 1 saturated heterocycles. The van der Waals surface area contributed by atoms with Crippen molar-refractivity contribution in [2.75, 3.05) is 33.2 Å². The summed E-state index contributed by atoms with van der Waals surface area (Å²) in [5.41, 5.74) is 0.765. The van der Waals surface area contributed by atoms with Gasteiger partial charge in [-0.05, 0) is 63.7 Å². The molecule has 1 spiro atoms. The Morgan fingerprint density at radius 3 is 2.29 bits per heavy atom. The Labute approximate surface area is 107 Å². The summed E-state index contributed by atoms with van der Waals surface area (Å²) in [4.78, 5) is 2.70. The van der Waals surface area contributed by atoms with E-state index in [1.165, 1.54) is 64.6 Å². The van der Waals surface area contributed by atoms with Crippen molar-refractivity contribution in [3.8, 4) is 0 Å². The third-order valence-corrected chi connectivity index (χ3v) is 4.95. The van der Waals surface area contributed by atoms with Gasteiger partial charge in [0.25, 0.3) is 0 Å². The molecule has 0 radical (unpaired) electrons. The van der Waals surface area contributed by atoms with Gasteiger partial charge in [-0.2, -0.15) is 0 Å². The molecule has 2 aliphatic rings. The maximum absolute atomic E-state index is 3.29. The van der Waals surface area contributed by atoms with Gasteiger partial charge in [-0.15, -0.1) is 0 Å². The molecule has 1 atom stereocenters. The highest BCUT2D eigenvalue weighted by Crippen LogP contribution is 2.44. The Kier molecular flexibility index (Phi) is 4.87. The number of likely N-dealkylation sites (tertiary alicyclic amines) is 1. The van der Waals surface area contributed by atoms with Gasteiger partial charge in [0.2, 0.25) is 0 Å². The van der Waals surface area contributed by atoms with Crippen LogP contribution < -0.4 is 5.32 Å². The van der Waals surface area contributed by atoms with Gasteiger partial charge in [-0.25, -0.2) is 0 Å². The molecule has 1 N–H and O–H groups in total. The standard InChI is InChI=1S/C15H30N2/c1-14(12-16-2)13-17-10-8-15(9-11-17)6-4-3-5-7-15/h14,16H,3-13H2,1-2H3. The lowest BCUT2D eigenvalue weighted by Crippen LogP contribution is -2.43. The highest BCUT2D eigenvalue weighted by Gasteiger charge is 2.35. The van der Waals surface area contributed by atoms with Crippen molar-refractivity contribution in [3.05, 3.63) is 0 Å². The molecule has 1 aliphatic carbocycles. The number of hydrogen-bond donors (Lipinski definition) is 1. The van der Waals surface area contributed by atoms with E-state index < -0.39 is 0 Å². The van der Waals surface area contributed by atoms with Gasteiger partial charge in [0.15, 0.2) is 0 Å². The van der Waals surface area contributed by atoms with Crippen molar-refractivity contribution in [2.45, 2.75) is 51.9 Å². The van der Waals surface area contributed by atoms with E-state index in [0.29, 0.717) is 0 Å². The Morgan fingerprint density at radius 1 is 1.06 bits per heavy atom. The molecule has 2 fully saturated rings. The second kappa shape index (κ2) is 6.19. The number of nitrogens with one attached hydrogen (secondary N) is 1. The zero-order valence-corrected chi connectivity index (χ0v) is 11.8. The second-order valence-corrected chi connectivity index (χ2v) is 6.52. The first-order valence-corrected chi connectivity index (χ1v) is 7.61. The van der Waals surface area contributed by atoms with E-state index in [4.69, 9.17) is 0 Å². The van der Waals surface area contributed by atoms with Gasteiger partial charge in [0, 0.05) is 6.54 Å². The molecule has 1 heterocycles. The Bertz CT molecular complexity index is 211. The average Bonchev–Trinajstić information content (AvgIpc) is 2.34. The summed E-state index contributed by atoms with van der Waals surface area (Å²) in [6.45, 7) is 7.52. The third kappa shape index (κ3) is 3.69. The van der Waals surface area contributed by atoms with Crippen LogP contribution in [0.25, 0.3) is 0 Å². The summed E-state index contributed by atoms with van der Waals surface area (Å²) < 4.78 is 0. The molecule has 0 amide bonds. The maximum atomic E-state index is 3.29. The van der Waals surface area contributed by atoms with Crippen LogP contribution in [0.15, 0.2) is 0 Å². The van der Waals surface area contributed by atoms with Crippen molar-refractivity contribution >= 4 is 0 Å². The van der Waals surface area contributed by atoms with Gasteiger partial charge in [0.05, 0.1) is 0 Å². The number of hydrogen-bond acceptors (Lipinski definition) is 2. The molecule has 0 aromatic heterocycles. The van der Waals surface area contributed by atoms with Crippen molar-refractivity contribution < 1.29 is 0 Å². The van der Waals surface area contributed by atoms with Gasteiger partial charge in [-0.3, -0.25) is 0 Å². The molecule has 0 bridgehead atoms. The van der Waals surface area contributed by atoms with E-state index in [-0.39, 0.29) is 0 Å². The number of piperidine rings is 1. The van der Waals surface area contributed by atoms with Crippen LogP contribution in [0.3, 0.4) is 0 Å². The van der Waals surface area contributed by atoms with E-state index in [9.17, 15) is 0 Å². The summed E-state index contributed by atoms with van der Waals surface area (Å²) in [5.74, 6) is 0.792. The zero-order valence-electron chi connectivity index (χ0n) is 11.8. The van der Waals surface area contributed by atoms with Gasteiger partial charge in [-0.1, -0.05) is 26.2 Å². The summed E-state index contributed by atoms with van der Waals surface area (Å²) in [5, 5.41) is 3.29. The lowest BCUT2D eigenvalue weighted by atomic mass is 9.68. The fourth-order valence-corrected chi connectivity index (χ4v) is 3.87. The molecule has 2 rings (SSSR count). The van der Waals surface area contributed by atoms with Gasteiger partial charge < -0.3 is 10.2 Å². The van der Waals surface area contributed by atoms with Crippen LogP contribution in [0.4, 0.5) is 0 Å². The summed E-state index contributed by atoms with van der Waals surface area (Å²) in [6, 6.07) is 0. The van der Waals surface area contributed by atoms with Crippen LogP contribution in [0.5, 0.6) is 0 Å². The van der Waals surface area contributed by atoms with E-state index in [2.05, 4.69) is 24.2 Å². The van der Waals surface area contributed by atoms with Gasteiger partial charge >= 0.3 is 0 Å². The first-order valence-electron chi connectivity index (χ1n) is 7.61. The predicted octanol–water partition coefficient (Wildman–Crippen LogP) is 2.89. The predicted molar refractivity (Wildman–Crippen MR) is 74.3 cm³/mol. The molecular formula is C15H30N2. The minimum absolute atomic E-state index is 0.765. The maximum Gasteiger partial charge on any atom is 0.00191 e. The van der Waals surface area contributed by atoms with Crippen LogP contribution in [-0.2, 0) is 0 Å². The van der Waals surface area contributed by atoms with Crippen LogP contribution >= 0.6 is 0 Å². The lowest BCUT2D eigenvalue weighted by Gasteiger charge is -2.44. The molecule has 2 nitrogen and oxygen atoms in total. The minimum atomic E-state index is 0.765. The SMILES string of the molecule is CNCC(C)CN1CCC2(CCCCC2)CC1. The summed E-state index contributed by atoms with van der Waals surface area (Å²) in [6.07, 6.45) is 10.5. The largest absolute Gasteiger partial charge is 0.319 e. The fourth-order valence-electron chi connectivity index (χ4n) is 3.87. The quantitative estimate of drug-likeness (QED) is 0.810. The van der Waals surface area contributed by atoms with Crippen LogP contribution in [0, 0.1) is 11.3 Å². The Hall–Kier alpha value is -0.0800. The average molecular weight is 238 g/mol. The molecule has 0 aromatic carbocycles. The van der Waals surface area contributed by atoms with Crippen LogP contribution in [0.2, 0.25) is 0 Å². The first-order chi connectivity index (χ1) is 8.24. The monoisotopic (exact) mass is 238 g/mol. The number of rotatable bonds is 4. The second-order valence-electron chi connectivity index (χ2n) is 6.52. The number of nitrogens with zero attached hydrogens (tertiary/aromatic N) is 1. The van der Waals surface area contributed by atoms with E-state index >= 15 is 0 Å². The fraction of sp³-hybridized carbons (Fsp3) is 1.00. The highest BCUT2D eigenvalue weighted by molar-refractivity contribution is 4.88. The molecular weight excluding hydrogens is 208 g/mol. The smallest absolute Gasteiger partial charge is 0.00191 e. The van der Waals surface area contributed by atoms with E-state index in [1.807, 2.05) is 0 Å². The molecule has 1 saturated carbocycles. The molecule has 1 unspecified atom stereocenters. The van der Waals surface area contributed by atoms with Gasteiger partial charge in [0.1, 0.15) is 0 Å². The van der Waals surface area contributed by atoms with Crippen LogP contribution in [-0.4, -0.2) is 38.1 Å². The Balaban J connectivity index is 1.73. The normalized spacial score (nSPS) is 27.2. The van der Waals surface area contributed by atoms with Crippen molar-refractivity contribution in [3.63, 3.8) is 0 Å². The zero-order chi connectivity index (χ0) is 12.1. The lowest BCUT2D eigenvalue weighted by molar-refractivity contribution is 0.0611. The molecule has 1 aliphatic heterocycles. The van der Waals surface area contributed by atoms with Crippen molar-refractivity contribution in [2.24, 2.45) is 11.3 Å². The summed E-state index contributed by atoms with van der Waals surface area (Å²) >= 11 is 0. The molecule has 2 heteroatoms. The van der Waals surface area contributed by atoms with Crippen molar-refractivity contribution in [1.82, 2.24) is 10.2 Å². The third-order valence-electron chi connectivity index (χ3n) is 4.95. The molecule has 100 valence electrons. The molecule has 17 heavy (non-hydrogen) atoms. The topological polar surface area (TPSA) is 15.3 Å². The van der Waals surface area contributed by atoms with E-state index in [1.54, 1.807) is 0 Å². The van der Waals surface area contributed by atoms with E-state index in [0.717, 1.165) is 17.9 Å². The highest BCUT2D eigenvalue weighted by atomic mass is 15.1. The van der Waals surface area contributed by atoms with Crippen LogP contribution in [0.1, 0.15) is 51.9 Å². The Morgan fingerprint density at radius 2 is 1.71 bits per heavy atom.